The first-order valence-corrected chi connectivity index (χ1v) is 7.46. The van der Waals surface area contributed by atoms with Crippen LogP contribution in [-0.2, 0) is 20.1 Å². The van der Waals surface area contributed by atoms with E-state index in [-0.39, 0.29) is 0 Å². The molecular weight excluding hydrogens is 286 g/mol. The van der Waals surface area contributed by atoms with Crippen molar-refractivity contribution in [3.63, 3.8) is 0 Å². The van der Waals surface area contributed by atoms with Crippen LogP contribution < -0.4 is 5.32 Å². The molecule has 3 heterocycles. The van der Waals surface area contributed by atoms with E-state index in [0.29, 0.717) is 6.54 Å². The Kier molecular flexibility index (Phi) is 3.80. The molecule has 0 aliphatic carbocycles. The molecule has 3 aromatic rings. The van der Waals surface area contributed by atoms with Crippen molar-refractivity contribution in [2.75, 3.05) is 19.4 Å². The number of aryl methyl sites for hydroxylation is 1. The quantitative estimate of drug-likeness (QED) is 0.770. The van der Waals surface area contributed by atoms with Gasteiger partial charge in [-0.3, -0.25) is 4.68 Å². The fraction of sp³-hybridized carbons (Fsp3) is 0.385. The Morgan fingerprint density at radius 1 is 1.33 bits per heavy atom. The second-order valence-corrected chi connectivity index (χ2v) is 5.99. The number of nitrogens with one attached hydrogen (secondary N) is 1. The van der Waals surface area contributed by atoms with Gasteiger partial charge in [-0.05, 0) is 14.1 Å². The van der Waals surface area contributed by atoms with Gasteiger partial charge in [-0.15, -0.1) is 11.3 Å². The lowest BCUT2D eigenvalue weighted by molar-refractivity contribution is 0.397. The molecule has 110 valence electrons. The topological polar surface area (TPSA) is 71.8 Å². The zero-order chi connectivity index (χ0) is 14.8. The molecule has 3 aromatic heterocycles. The zero-order valence-corrected chi connectivity index (χ0v) is 13.1. The van der Waals surface area contributed by atoms with E-state index in [2.05, 4.69) is 35.6 Å². The minimum absolute atomic E-state index is 0.648. The normalized spacial score (nSPS) is 11.4. The van der Waals surface area contributed by atoms with E-state index >= 15 is 0 Å². The number of fused-ring (bicyclic) bond motifs is 1. The van der Waals surface area contributed by atoms with Gasteiger partial charge in [-0.25, -0.2) is 15.0 Å². The van der Waals surface area contributed by atoms with Crippen LogP contribution in [0.5, 0.6) is 0 Å². The first kappa shape index (κ1) is 13.9. The summed E-state index contributed by atoms with van der Waals surface area (Å²) in [6.07, 6.45) is 3.28. The SMILES string of the molecule is CN(C)Cc1csc(CNc2ncnc3cnn(C)c23)n1. The third-order valence-corrected chi connectivity index (χ3v) is 3.91. The number of hydrogen-bond donors (Lipinski definition) is 1. The molecular formula is C13H17N7S. The fourth-order valence-corrected chi connectivity index (χ4v) is 2.85. The molecule has 0 atom stereocenters. The Hall–Kier alpha value is -2.06. The van der Waals surface area contributed by atoms with Crippen molar-refractivity contribution in [2.24, 2.45) is 7.05 Å². The van der Waals surface area contributed by atoms with Crippen LogP contribution in [-0.4, -0.2) is 43.7 Å². The minimum Gasteiger partial charge on any atom is -0.362 e. The summed E-state index contributed by atoms with van der Waals surface area (Å²) in [5.74, 6) is 0.782. The molecule has 0 aliphatic rings. The van der Waals surface area contributed by atoms with Gasteiger partial charge in [0.2, 0.25) is 0 Å². The average molecular weight is 303 g/mol. The van der Waals surface area contributed by atoms with E-state index in [4.69, 9.17) is 0 Å². The van der Waals surface area contributed by atoms with Crippen molar-refractivity contribution in [3.05, 3.63) is 28.6 Å². The molecule has 0 aromatic carbocycles. The maximum Gasteiger partial charge on any atom is 0.156 e. The van der Waals surface area contributed by atoms with Crippen molar-refractivity contribution in [3.8, 4) is 0 Å². The summed E-state index contributed by atoms with van der Waals surface area (Å²) in [5, 5.41) is 10.7. The van der Waals surface area contributed by atoms with Crippen LogP contribution in [0, 0.1) is 0 Å². The van der Waals surface area contributed by atoms with Gasteiger partial charge >= 0.3 is 0 Å². The highest BCUT2D eigenvalue weighted by molar-refractivity contribution is 7.09. The van der Waals surface area contributed by atoms with Gasteiger partial charge in [-0.1, -0.05) is 0 Å². The minimum atomic E-state index is 0.648. The monoisotopic (exact) mass is 303 g/mol. The van der Waals surface area contributed by atoms with Gasteiger partial charge in [-0.2, -0.15) is 5.10 Å². The van der Waals surface area contributed by atoms with E-state index in [9.17, 15) is 0 Å². The standard InChI is InChI=1S/C13H17N7S/c1-19(2)6-9-7-21-11(18-9)5-14-13-12-10(15-8-16-13)4-17-20(12)3/h4,7-8H,5-6H2,1-3H3,(H,14,15,16). The smallest absolute Gasteiger partial charge is 0.156 e. The van der Waals surface area contributed by atoms with Crippen LogP contribution in [0.4, 0.5) is 5.82 Å². The number of thiazole rings is 1. The van der Waals surface area contributed by atoms with Gasteiger partial charge in [0.05, 0.1) is 18.4 Å². The van der Waals surface area contributed by atoms with Crippen molar-refractivity contribution in [1.82, 2.24) is 29.6 Å². The molecule has 8 heteroatoms. The summed E-state index contributed by atoms with van der Waals surface area (Å²) >= 11 is 1.66. The maximum atomic E-state index is 4.60. The summed E-state index contributed by atoms with van der Waals surface area (Å²) in [7, 11) is 5.96. The predicted octanol–water partition coefficient (Wildman–Crippen LogP) is 1.49. The Balaban J connectivity index is 1.74. The fourth-order valence-electron chi connectivity index (χ4n) is 2.12. The van der Waals surface area contributed by atoms with E-state index in [1.807, 2.05) is 21.1 Å². The van der Waals surface area contributed by atoms with Crippen LogP contribution in [0.2, 0.25) is 0 Å². The highest BCUT2D eigenvalue weighted by Crippen LogP contribution is 2.19. The van der Waals surface area contributed by atoms with Crippen LogP contribution in [0.3, 0.4) is 0 Å². The molecule has 1 N–H and O–H groups in total. The average Bonchev–Trinajstić information content (AvgIpc) is 3.04. The van der Waals surface area contributed by atoms with Gasteiger partial charge in [0, 0.05) is 19.0 Å². The van der Waals surface area contributed by atoms with Crippen LogP contribution in [0.15, 0.2) is 17.9 Å². The van der Waals surface area contributed by atoms with Crippen molar-refractivity contribution in [2.45, 2.75) is 13.1 Å². The predicted molar refractivity (Wildman–Crippen MR) is 83.1 cm³/mol. The Morgan fingerprint density at radius 2 is 2.19 bits per heavy atom. The van der Waals surface area contributed by atoms with Crippen LogP contribution in [0.1, 0.15) is 10.7 Å². The Bertz CT molecular complexity index is 746. The molecule has 21 heavy (non-hydrogen) atoms. The molecule has 0 spiro atoms. The molecule has 0 saturated heterocycles. The lowest BCUT2D eigenvalue weighted by atomic mass is 10.4. The van der Waals surface area contributed by atoms with Crippen LogP contribution >= 0.6 is 11.3 Å². The van der Waals surface area contributed by atoms with Gasteiger partial charge in [0.15, 0.2) is 5.82 Å². The third-order valence-electron chi connectivity index (χ3n) is 3.01. The van der Waals surface area contributed by atoms with E-state index in [1.54, 1.807) is 28.5 Å². The molecule has 0 saturated carbocycles. The Morgan fingerprint density at radius 3 is 3.00 bits per heavy atom. The van der Waals surface area contributed by atoms with E-state index in [0.717, 1.165) is 34.1 Å². The number of hydrogen-bond acceptors (Lipinski definition) is 7. The second kappa shape index (κ2) is 5.74. The first-order chi connectivity index (χ1) is 10.1. The summed E-state index contributed by atoms with van der Waals surface area (Å²) < 4.78 is 1.77. The number of anilines is 1. The van der Waals surface area contributed by atoms with E-state index in [1.165, 1.54) is 0 Å². The van der Waals surface area contributed by atoms with Crippen molar-refractivity contribution < 1.29 is 0 Å². The highest BCUT2D eigenvalue weighted by Gasteiger charge is 2.09. The molecule has 0 unspecified atom stereocenters. The van der Waals surface area contributed by atoms with Crippen molar-refractivity contribution >= 4 is 28.2 Å². The first-order valence-electron chi connectivity index (χ1n) is 6.58. The number of aromatic nitrogens is 5. The van der Waals surface area contributed by atoms with Crippen molar-refractivity contribution in [1.29, 1.82) is 0 Å². The molecule has 7 nitrogen and oxygen atoms in total. The molecule has 0 radical (unpaired) electrons. The van der Waals surface area contributed by atoms with E-state index < -0.39 is 0 Å². The Labute approximate surface area is 126 Å². The number of rotatable bonds is 5. The zero-order valence-electron chi connectivity index (χ0n) is 12.2. The maximum absolute atomic E-state index is 4.60. The largest absolute Gasteiger partial charge is 0.362 e. The molecule has 0 amide bonds. The van der Waals surface area contributed by atoms with Gasteiger partial charge in [0.1, 0.15) is 22.4 Å². The third kappa shape index (κ3) is 3.01. The summed E-state index contributed by atoms with van der Waals surface area (Å²) in [6, 6.07) is 0. The molecule has 0 aliphatic heterocycles. The highest BCUT2D eigenvalue weighted by atomic mass is 32.1. The summed E-state index contributed by atoms with van der Waals surface area (Å²) in [5.41, 5.74) is 2.83. The molecule has 3 rings (SSSR count). The molecule has 0 bridgehead atoms. The number of nitrogens with zero attached hydrogens (tertiary/aromatic N) is 6. The lowest BCUT2D eigenvalue weighted by Gasteiger charge is -2.06. The van der Waals surface area contributed by atoms with Gasteiger partial charge < -0.3 is 10.2 Å². The molecule has 0 fully saturated rings. The lowest BCUT2D eigenvalue weighted by Crippen LogP contribution is -2.11. The summed E-state index contributed by atoms with van der Waals surface area (Å²) in [6.45, 7) is 1.51. The second-order valence-electron chi connectivity index (χ2n) is 5.05. The van der Waals surface area contributed by atoms with Crippen LogP contribution in [0.25, 0.3) is 11.0 Å². The van der Waals surface area contributed by atoms with Gasteiger partial charge in [0.25, 0.3) is 0 Å². The summed E-state index contributed by atoms with van der Waals surface area (Å²) in [4.78, 5) is 15.2.